The van der Waals surface area contributed by atoms with Crippen LogP contribution in [0.4, 0.5) is 20.2 Å². The molecule has 0 aliphatic carbocycles. The number of carbonyl (C=O) groups excluding carboxylic acids is 1. The molecule has 1 aromatic carbocycles. The number of piperidine rings is 1. The van der Waals surface area contributed by atoms with Crippen LogP contribution < -0.4 is 4.90 Å². The quantitative estimate of drug-likeness (QED) is 0.561. The smallest absolute Gasteiger partial charge is 0.341 e. The average Bonchev–Trinajstić information content (AvgIpc) is 2.60. The van der Waals surface area contributed by atoms with Gasteiger partial charge in [0.25, 0.3) is 5.69 Å². The number of halogens is 2. The van der Waals surface area contributed by atoms with Crippen LogP contribution in [0.1, 0.15) is 12.8 Å². The molecule has 0 bridgehead atoms. The van der Waals surface area contributed by atoms with Gasteiger partial charge in [0.2, 0.25) is 15.7 Å². The molecule has 1 atom stereocenters. The molecule has 1 unspecified atom stereocenters. The van der Waals surface area contributed by atoms with Gasteiger partial charge < -0.3 is 9.80 Å². The largest absolute Gasteiger partial charge is 0.365 e. The lowest BCUT2D eigenvalue weighted by Crippen LogP contribution is -2.42. The van der Waals surface area contributed by atoms with Crippen molar-refractivity contribution in [3.05, 3.63) is 28.3 Å². The van der Waals surface area contributed by atoms with E-state index in [1.165, 1.54) is 4.90 Å². The molecule has 1 aromatic rings. The Morgan fingerprint density at radius 3 is 2.58 bits per heavy atom. The second-order valence-electron chi connectivity index (χ2n) is 6.23. The highest BCUT2D eigenvalue weighted by Gasteiger charge is 2.33. The molecule has 11 heteroatoms. The Labute approximate surface area is 149 Å². The Balaban J connectivity index is 2.40. The van der Waals surface area contributed by atoms with Crippen molar-refractivity contribution in [1.82, 2.24) is 4.90 Å². The van der Waals surface area contributed by atoms with E-state index in [1.54, 1.807) is 19.0 Å². The second kappa shape index (κ2) is 7.52. The normalized spacial score (nSPS) is 18.0. The summed E-state index contributed by atoms with van der Waals surface area (Å²) in [4.78, 5) is 25.0. The molecule has 1 saturated heterocycles. The zero-order valence-electron chi connectivity index (χ0n) is 14.3. The number of hydrogen-bond donors (Lipinski definition) is 0. The molecule has 0 radical (unpaired) electrons. The molecule has 8 nitrogen and oxygen atoms in total. The fourth-order valence-corrected chi connectivity index (χ4v) is 3.70. The summed E-state index contributed by atoms with van der Waals surface area (Å²) in [5.74, 6) is -4.11. The summed E-state index contributed by atoms with van der Waals surface area (Å²) in [5.41, 5.74) is -0.468. The van der Waals surface area contributed by atoms with Gasteiger partial charge in [-0.05, 0) is 25.0 Å². The van der Waals surface area contributed by atoms with Crippen LogP contribution in [0, 0.1) is 16.0 Å². The van der Waals surface area contributed by atoms with Crippen molar-refractivity contribution < 1.29 is 26.9 Å². The van der Waals surface area contributed by atoms with Gasteiger partial charge in [-0.2, -0.15) is 8.78 Å². The Bertz CT molecular complexity index is 813. The third-order valence-corrected chi connectivity index (χ3v) is 5.64. The van der Waals surface area contributed by atoms with Crippen molar-refractivity contribution in [2.75, 3.05) is 32.1 Å². The van der Waals surface area contributed by atoms with E-state index in [0.29, 0.717) is 25.5 Å². The maximum absolute atomic E-state index is 12.7. The number of nitro benzene ring substituents is 1. The molecule has 0 N–H and O–H groups in total. The lowest BCUT2D eigenvalue weighted by atomic mass is 9.96. The van der Waals surface area contributed by atoms with E-state index >= 15 is 0 Å². The average molecular weight is 391 g/mol. The first-order valence-electron chi connectivity index (χ1n) is 7.82. The maximum Gasteiger partial charge on any atom is 0.341 e. The molecule has 1 fully saturated rings. The van der Waals surface area contributed by atoms with E-state index in [0.717, 1.165) is 12.1 Å². The highest BCUT2D eigenvalue weighted by atomic mass is 32.2. The molecular weight excluding hydrogens is 372 g/mol. The number of sulfone groups is 1. The van der Waals surface area contributed by atoms with Crippen LogP contribution in [0.5, 0.6) is 0 Å². The van der Waals surface area contributed by atoms with Crippen LogP contribution in [0.15, 0.2) is 23.1 Å². The number of nitro groups is 1. The fourth-order valence-electron chi connectivity index (χ4n) is 2.96. The topological polar surface area (TPSA) is 101 Å². The lowest BCUT2D eigenvalue weighted by molar-refractivity contribution is -0.384. The molecule has 1 amide bonds. The van der Waals surface area contributed by atoms with Gasteiger partial charge in [-0.15, -0.1) is 0 Å². The van der Waals surface area contributed by atoms with Gasteiger partial charge in [-0.25, -0.2) is 8.42 Å². The van der Waals surface area contributed by atoms with E-state index in [4.69, 9.17) is 0 Å². The van der Waals surface area contributed by atoms with Gasteiger partial charge in [0.15, 0.2) is 0 Å². The van der Waals surface area contributed by atoms with Crippen LogP contribution in [-0.2, 0) is 14.6 Å². The van der Waals surface area contributed by atoms with Gasteiger partial charge in [0.05, 0.1) is 15.7 Å². The number of carbonyl (C=O) groups is 1. The van der Waals surface area contributed by atoms with Crippen molar-refractivity contribution in [1.29, 1.82) is 0 Å². The Kier molecular flexibility index (Phi) is 5.79. The number of rotatable bonds is 5. The van der Waals surface area contributed by atoms with E-state index in [1.807, 2.05) is 0 Å². The van der Waals surface area contributed by atoms with Crippen LogP contribution in [-0.4, -0.2) is 57.1 Å². The van der Waals surface area contributed by atoms with Crippen molar-refractivity contribution >= 4 is 27.1 Å². The summed E-state index contributed by atoms with van der Waals surface area (Å²) in [6.07, 6.45) is 1.26. The first kappa shape index (κ1) is 20.0. The third-order valence-electron chi connectivity index (χ3n) is 4.26. The zero-order valence-corrected chi connectivity index (χ0v) is 15.1. The summed E-state index contributed by atoms with van der Waals surface area (Å²) >= 11 is 0. The molecule has 1 aliphatic heterocycles. The predicted octanol–water partition coefficient (Wildman–Crippen LogP) is 1.90. The van der Waals surface area contributed by atoms with Gasteiger partial charge in [-0.3, -0.25) is 14.9 Å². The van der Waals surface area contributed by atoms with Crippen LogP contribution in [0.2, 0.25) is 0 Å². The number of anilines is 1. The SMILES string of the molecule is CN(C)C(=O)C1CCCN(c2ccc(S(=O)(=O)C(F)F)cc2[N+](=O)[O-])C1. The minimum absolute atomic E-state index is 0.103. The summed E-state index contributed by atoms with van der Waals surface area (Å²) in [6, 6.07) is 2.73. The Morgan fingerprint density at radius 1 is 1.38 bits per heavy atom. The zero-order chi connectivity index (χ0) is 19.6. The van der Waals surface area contributed by atoms with Crippen LogP contribution in [0.3, 0.4) is 0 Å². The first-order valence-corrected chi connectivity index (χ1v) is 9.37. The van der Waals surface area contributed by atoms with E-state index < -0.39 is 31.1 Å². The number of benzene rings is 1. The molecule has 26 heavy (non-hydrogen) atoms. The van der Waals surface area contributed by atoms with Crippen molar-refractivity contribution in [3.63, 3.8) is 0 Å². The third kappa shape index (κ3) is 3.92. The lowest BCUT2D eigenvalue weighted by Gasteiger charge is -2.34. The van der Waals surface area contributed by atoms with Gasteiger partial charge in [0.1, 0.15) is 5.69 Å². The number of nitrogens with zero attached hydrogens (tertiary/aromatic N) is 3. The monoisotopic (exact) mass is 391 g/mol. The highest BCUT2D eigenvalue weighted by molar-refractivity contribution is 7.91. The summed E-state index contributed by atoms with van der Waals surface area (Å²) in [7, 11) is -1.70. The molecule has 0 saturated carbocycles. The molecular formula is C15H19F2N3O5S. The van der Waals surface area contributed by atoms with E-state index in [-0.39, 0.29) is 24.1 Å². The molecule has 2 rings (SSSR count). The highest BCUT2D eigenvalue weighted by Crippen LogP contribution is 2.34. The summed E-state index contributed by atoms with van der Waals surface area (Å²) < 4.78 is 48.5. The van der Waals surface area contributed by atoms with Crippen molar-refractivity contribution in [3.8, 4) is 0 Å². The van der Waals surface area contributed by atoms with Crippen molar-refractivity contribution in [2.45, 2.75) is 23.5 Å². The maximum atomic E-state index is 12.7. The number of alkyl halides is 2. The molecule has 144 valence electrons. The standard InChI is InChI=1S/C15H19F2N3O5S/c1-18(2)14(21)10-4-3-7-19(9-10)12-6-5-11(8-13(12)20(22)23)26(24,25)15(16)17/h5-6,8,10,15H,3-4,7,9H2,1-2H3. The van der Waals surface area contributed by atoms with Gasteiger partial charge >= 0.3 is 5.76 Å². The number of amides is 1. The summed E-state index contributed by atoms with van der Waals surface area (Å²) in [6.45, 7) is 0.678. The Morgan fingerprint density at radius 2 is 2.04 bits per heavy atom. The fraction of sp³-hybridized carbons (Fsp3) is 0.533. The van der Waals surface area contributed by atoms with E-state index in [9.17, 15) is 32.1 Å². The molecule has 1 aliphatic rings. The molecule has 0 aromatic heterocycles. The van der Waals surface area contributed by atoms with Crippen molar-refractivity contribution in [2.24, 2.45) is 5.92 Å². The van der Waals surface area contributed by atoms with Crippen LogP contribution >= 0.6 is 0 Å². The minimum Gasteiger partial charge on any atom is -0.365 e. The number of hydrogen-bond acceptors (Lipinski definition) is 6. The second-order valence-corrected chi connectivity index (χ2v) is 8.15. The summed E-state index contributed by atoms with van der Waals surface area (Å²) in [5, 5.41) is 11.4. The molecule has 0 spiro atoms. The van der Waals surface area contributed by atoms with Gasteiger partial charge in [-0.1, -0.05) is 0 Å². The Hall–Kier alpha value is -2.30. The first-order chi connectivity index (χ1) is 12.1. The van der Waals surface area contributed by atoms with Crippen LogP contribution in [0.25, 0.3) is 0 Å². The van der Waals surface area contributed by atoms with E-state index in [2.05, 4.69) is 0 Å². The predicted molar refractivity (Wildman–Crippen MR) is 89.9 cm³/mol. The molecule has 1 heterocycles. The van der Waals surface area contributed by atoms with Gasteiger partial charge in [0, 0.05) is 33.3 Å². The minimum atomic E-state index is -4.93.